The second-order valence-electron chi connectivity index (χ2n) is 3.63. The number of alkyl halides is 1. The van der Waals surface area contributed by atoms with Gasteiger partial charge in [-0.1, -0.05) is 28.1 Å². The second kappa shape index (κ2) is 4.20. The standard InChI is InChI=1S/C11H12BrFO2/c1-8-6-14-11(7-12,15-8)9-2-4-10(13)5-3-9/h2-5,8H,6-7H2,1H3/t8-,11?/m0/s1. The Morgan fingerprint density at radius 1 is 1.47 bits per heavy atom. The van der Waals surface area contributed by atoms with E-state index in [0.717, 1.165) is 5.56 Å². The molecule has 1 fully saturated rings. The topological polar surface area (TPSA) is 18.5 Å². The van der Waals surface area contributed by atoms with Gasteiger partial charge in [0.25, 0.3) is 0 Å². The van der Waals surface area contributed by atoms with Gasteiger partial charge in [0.2, 0.25) is 5.79 Å². The minimum atomic E-state index is -0.757. The smallest absolute Gasteiger partial charge is 0.205 e. The lowest BCUT2D eigenvalue weighted by atomic mass is 10.1. The number of halogens is 2. The molecule has 0 N–H and O–H groups in total. The van der Waals surface area contributed by atoms with Gasteiger partial charge in [-0.05, 0) is 19.1 Å². The highest BCUT2D eigenvalue weighted by molar-refractivity contribution is 9.09. The van der Waals surface area contributed by atoms with Crippen LogP contribution in [0.3, 0.4) is 0 Å². The molecule has 0 radical (unpaired) electrons. The molecule has 1 aliphatic heterocycles. The van der Waals surface area contributed by atoms with E-state index in [1.807, 2.05) is 6.92 Å². The molecule has 0 saturated carbocycles. The van der Waals surface area contributed by atoms with E-state index >= 15 is 0 Å². The first-order chi connectivity index (χ1) is 7.16. The summed E-state index contributed by atoms with van der Waals surface area (Å²) in [6.45, 7) is 2.51. The summed E-state index contributed by atoms with van der Waals surface area (Å²) in [5.74, 6) is -1.01. The minimum Gasteiger partial charge on any atom is -0.342 e. The third-order valence-corrected chi connectivity index (χ3v) is 3.14. The molecule has 1 aromatic rings. The third-order valence-electron chi connectivity index (χ3n) is 2.40. The Balaban J connectivity index is 2.30. The van der Waals surface area contributed by atoms with Gasteiger partial charge < -0.3 is 9.47 Å². The average Bonchev–Trinajstić information content (AvgIpc) is 2.62. The summed E-state index contributed by atoms with van der Waals surface area (Å²) in [7, 11) is 0. The van der Waals surface area contributed by atoms with Crippen LogP contribution in [0.2, 0.25) is 0 Å². The number of ether oxygens (including phenoxy) is 2. The summed E-state index contributed by atoms with van der Waals surface area (Å²) in [4.78, 5) is 0. The van der Waals surface area contributed by atoms with Gasteiger partial charge in [0.1, 0.15) is 5.82 Å². The van der Waals surface area contributed by atoms with Crippen molar-refractivity contribution in [2.24, 2.45) is 0 Å². The highest BCUT2D eigenvalue weighted by Crippen LogP contribution is 2.35. The van der Waals surface area contributed by atoms with Crippen molar-refractivity contribution >= 4 is 15.9 Å². The largest absolute Gasteiger partial charge is 0.342 e. The Morgan fingerprint density at radius 2 is 2.13 bits per heavy atom. The molecule has 1 heterocycles. The van der Waals surface area contributed by atoms with Crippen LogP contribution in [0, 0.1) is 5.82 Å². The Morgan fingerprint density at radius 3 is 2.60 bits per heavy atom. The van der Waals surface area contributed by atoms with Crippen molar-refractivity contribution in [1.82, 2.24) is 0 Å². The maximum atomic E-state index is 12.8. The van der Waals surface area contributed by atoms with Crippen molar-refractivity contribution in [3.05, 3.63) is 35.6 Å². The molecular weight excluding hydrogens is 263 g/mol. The minimum absolute atomic E-state index is 0.0626. The van der Waals surface area contributed by atoms with E-state index in [9.17, 15) is 4.39 Å². The lowest BCUT2D eigenvalue weighted by Gasteiger charge is -2.25. The maximum Gasteiger partial charge on any atom is 0.205 e. The lowest BCUT2D eigenvalue weighted by molar-refractivity contribution is -0.154. The molecule has 1 aromatic carbocycles. The SMILES string of the molecule is C[C@H]1COC(CBr)(c2ccc(F)cc2)O1. The van der Waals surface area contributed by atoms with Gasteiger partial charge in [-0.2, -0.15) is 0 Å². The van der Waals surface area contributed by atoms with E-state index in [2.05, 4.69) is 15.9 Å². The molecule has 2 atom stereocenters. The van der Waals surface area contributed by atoms with Gasteiger partial charge in [0.05, 0.1) is 18.0 Å². The molecule has 1 saturated heterocycles. The Bertz CT molecular complexity index is 341. The highest BCUT2D eigenvalue weighted by Gasteiger charge is 2.40. The fraction of sp³-hybridized carbons (Fsp3) is 0.455. The second-order valence-corrected chi connectivity index (χ2v) is 4.19. The number of hydrogen-bond donors (Lipinski definition) is 0. The van der Waals surface area contributed by atoms with E-state index in [1.54, 1.807) is 12.1 Å². The third kappa shape index (κ3) is 2.07. The molecule has 0 aromatic heterocycles. The van der Waals surface area contributed by atoms with Crippen molar-refractivity contribution in [1.29, 1.82) is 0 Å². The predicted molar refractivity (Wildman–Crippen MR) is 58.4 cm³/mol. The van der Waals surface area contributed by atoms with Gasteiger partial charge in [-0.3, -0.25) is 0 Å². The van der Waals surface area contributed by atoms with Gasteiger partial charge in [0.15, 0.2) is 0 Å². The number of hydrogen-bond acceptors (Lipinski definition) is 2. The highest BCUT2D eigenvalue weighted by atomic mass is 79.9. The molecule has 0 spiro atoms. The summed E-state index contributed by atoms with van der Waals surface area (Å²) in [6, 6.07) is 6.20. The zero-order valence-corrected chi connectivity index (χ0v) is 9.96. The summed E-state index contributed by atoms with van der Waals surface area (Å²) in [5.41, 5.74) is 0.838. The quantitative estimate of drug-likeness (QED) is 0.773. The van der Waals surface area contributed by atoms with Crippen molar-refractivity contribution in [2.45, 2.75) is 18.8 Å². The molecule has 0 amide bonds. The molecule has 4 heteroatoms. The van der Waals surface area contributed by atoms with E-state index in [4.69, 9.17) is 9.47 Å². The first-order valence-electron chi connectivity index (χ1n) is 4.80. The Hall–Kier alpha value is -0.450. The van der Waals surface area contributed by atoms with Crippen LogP contribution in [-0.4, -0.2) is 18.0 Å². The molecule has 2 nitrogen and oxygen atoms in total. The fourth-order valence-electron chi connectivity index (χ4n) is 1.65. The van der Waals surface area contributed by atoms with Crippen molar-refractivity contribution in [2.75, 3.05) is 11.9 Å². The molecule has 0 bridgehead atoms. The number of rotatable bonds is 2. The lowest BCUT2D eigenvalue weighted by Crippen LogP contribution is -2.29. The summed E-state index contributed by atoms with van der Waals surface area (Å²) >= 11 is 3.37. The van der Waals surface area contributed by atoms with Gasteiger partial charge in [0, 0.05) is 5.56 Å². The predicted octanol–water partition coefficient (Wildman–Crippen LogP) is 2.81. The van der Waals surface area contributed by atoms with Crippen LogP contribution >= 0.6 is 15.9 Å². The van der Waals surface area contributed by atoms with Crippen molar-refractivity contribution in [3.8, 4) is 0 Å². The first-order valence-corrected chi connectivity index (χ1v) is 5.92. The zero-order valence-electron chi connectivity index (χ0n) is 8.37. The van der Waals surface area contributed by atoms with Crippen LogP contribution < -0.4 is 0 Å². The van der Waals surface area contributed by atoms with Crippen LogP contribution in [0.15, 0.2) is 24.3 Å². The summed E-state index contributed by atoms with van der Waals surface area (Å²) in [5, 5.41) is 0.538. The Labute approximate surface area is 96.5 Å². The molecule has 0 aliphatic carbocycles. The van der Waals surface area contributed by atoms with Gasteiger partial charge >= 0.3 is 0 Å². The maximum absolute atomic E-state index is 12.8. The van der Waals surface area contributed by atoms with Crippen LogP contribution in [0.5, 0.6) is 0 Å². The van der Waals surface area contributed by atoms with Gasteiger partial charge in [-0.25, -0.2) is 4.39 Å². The van der Waals surface area contributed by atoms with Crippen molar-refractivity contribution < 1.29 is 13.9 Å². The molecule has 82 valence electrons. The van der Waals surface area contributed by atoms with E-state index in [0.29, 0.717) is 11.9 Å². The number of benzene rings is 1. The van der Waals surface area contributed by atoms with E-state index < -0.39 is 5.79 Å². The molecule has 1 aliphatic rings. The van der Waals surface area contributed by atoms with Crippen molar-refractivity contribution in [3.63, 3.8) is 0 Å². The first kappa shape index (κ1) is 11.0. The summed E-state index contributed by atoms with van der Waals surface area (Å²) < 4.78 is 24.2. The van der Waals surface area contributed by atoms with Crippen LogP contribution in [0.25, 0.3) is 0 Å². The molecule has 2 rings (SSSR count). The molecule has 15 heavy (non-hydrogen) atoms. The normalized spacial score (nSPS) is 30.7. The van der Waals surface area contributed by atoms with E-state index in [-0.39, 0.29) is 11.9 Å². The Kier molecular flexibility index (Phi) is 3.09. The van der Waals surface area contributed by atoms with Crippen LogP contribution in [0.1, 0.15) is 12.5 Å². The van der Waals surface area contributed by atoms with E-state index in [1.165, 1.54) is 12.1 Å². The fourth-order valence-corrected chi connectivity index (χ4v) is 2.27. The molecule has 1 unspecified atom stereocenters. The monoisotopic (exact) mass is 274 g/mol. The average molecular weight is 275 g/mol. The molecular formula is C11H12BrFO2. The zero-order chi connectivity index (χ0) is 10.9. The van der Waals surface area contributed by atoms with Crippen LogP contribution in [0.4, 0.5) is 4.39 Å². The van der Waals surface area contributed by atoms with Crippen LogP contribution in [-0.2, 0) is 15.3 Å². The van der Waals surface area contributed by atoms with Gasteiger partial charge in [-0.15, -0.1) is 0 Å². The summed E-state index contributed by atoms with van der Waals surface area (Å²) in [6.07, 6.45) is 0.0626.